The SMILES string of the molecule is CC(C)C(O)CC(=O)NC1CC2CCC(C1)N2Cc1ccccc1. The van der Waals surface area contributed by atoms with E-state index in [4.69, 9.17) is 0 Å². The zero-order valence-electron chi connectivity index (χ0n) is 14.8. The lowest BCUT2D eigenvalue weighted by molar-refractivity contribution is -0.124. The molecule has 0 aromatic heterocycles. The Morgan fingerprint density at radius 1 is 1.21 bits per heavy atom. The second-order valence-electron chi connectivity index (χ2n) is 7.79. The molecule has 2 bridgehead atoms. The summed E-state index contributed by atoms with van der Waals surface area (Å²) >= 11 is 0. The minimum Gasteiger partial charge on any atom is -0.392 e. The van der Waals surface area contributed by atoms with Crippen molar-refractivity contribution in [3.8, 4) is 0 Å². The van der Waals surface area contributed by atoms with E-state index in [0.717, 1.165) is 19.4 Å². The molecule has 0 radical (unpaired) electrons. The van der Waals surface area contributed by atoms with Gasteiger partial charge in [-0.2, -0.15) is 0 Å². The highest BCUT2D eigenvalue weighted by molar-refractivity contribution is 5.76. The number of piperidine rings is 1. The van der Waals surface area contributed by atoms with E-state index in [1.54, 1.807) is 0 Å². The summed E-state index contributed by atoms with van der Waals surface area (Å²) < 4.78 is 0. The second kappa shape index (κ2) is 7.66. The Bertz CT molecular complexity index is 532. The molecule has 0 spiro atoms. The number of hydrogen-bond donors (Lipinski definition) is 2. The average molecular weight is 330 g/mol. The Morgan fingerprint density at radius 2 is 1.83 bits per heavy atom. The molecule has 1 aromatic rings. The normalized spacial score (nSPS) is 28.1. The van der Waals surface area contributed by atoms with Crippen LogP contribution in [0.15, 0.2) is 30.3 Å². The standard InChI is InChI=1S/C20H30N2O2/c1-14(2)19(23)12-20(24)21-16-10-17-8-9-18(11-16)22(17)13-15-6-4-3-5-7-15/h3-7,14,16-19,23H,8-13H2,1-2H3,(H,21,24). The number of rotatable bonds is 6. The van der Waals surface area contributed by atoms with Crippen molar-refractivity contribution in [3.05, 3.63) is 35.9 Å². The number of fused-ring (bicyclic) bond motifs is 2. The van der Waals surface area contributed by atoms with Crippen LogP contribution in [0.3, 0.4) is 0 Å². The predicted molar refractivity (Wildman–Crippen MR) is 95.4 cm³/mol. The quantitative estimate of drug-likeness (QED) is 0.843. The number of benzene rings is 1. The number of hydrogen-bond acceptors (Lipinski definition) is 3. The van der Waals surface area contributed by atoms with Crippen molar-refractivity contribution >= 4 is 5.91 Å². The summed E-state index contributed by atoms with van der Waals surface area (Å²) in [6, 6.07) is 12.1. The number of amides is 1. The molecule has 1 aromatic carbocycles. The van der Waals surface area contributed by atoms with Gasteiger partial charge in [-0.1, -0.05) is 44.2 Å². The van der Waals surface area contributed by atoms with Gasteiger partial charge in [-0.3, -0.25) is 9.69 Å². The Labute approximate surface area is 145 Å². The molecule has 4 heteroatoms. The Morgan fingerprint density at radius 3 is 2.42 bits per heavy atom. The van der Waals surface area contributed by atoms with Gasteiger partial charge in [0, 0.05) is 24.7 Å². The van der Waals surface area contributed by atoms with Crippen molar-refractivity contribution < 1.29 is 9.90 Å². The summed E-state index contributed by atoms with van der Waals surface area (Å²) in [7, 11) is 0. The third-order valence-corrected chi connectivity index (χ3v) is 5.62. The fourth-order valence-electron chi connectivity index (χ4n) is 4.16. The van der Waals surface area contributed by atoms with E-state index in [-0.39, 0.29) is 24.3 Å². The van der Waals surface area contributed by atoms with Crippen LogP contribution in [0.25, 0.3) is 0 Å². The van der Waals surface area contributed by atoms with Gasteiger partial charge < -0.3 is 10.4 Å². The highest BCUT2D eigenvalue weighted by Gasteiger charge is 2.40. The van der Waals surface area contributed by atoms with Gasteiger partial charge in [0.25, 0.3) is 0 Å². The lowest BCUT2D eigenvalue weighted by Gasteiger charge is -2.39. The lowest BCUT2D eigenvalue weighted by atomic mass is 9.96. The topological polar surface area (TPSA) is 52.6 Å². The monoisotopic (exact) mass is 330 g/mol. The molecule has 3 rings (SSSR count). The summed E-state index contributed by atoms with van der Waals surface area (Å²) in [6.45, 7) is 4.91. The van der Waals surface area contributed by atoms with Gasteiger partial charge in [0.05, 0.1) is 12.5 Å². The van der Waals surface area contributed by atoms with Gasteiger partial charge in [-0.25, -0.2) is 0 Å². The molecule has 1 amide bonds. The first-order chi connectivity index (χ1) is 11.5. The Kier molecular flexibility index (Phi) is 5.57. The third-order valence-electron chi connectivity index (χ3n) is 5.62. The molecule has 2 heterocycles. The summed E-state index contributed by atoms with van der Waals surface area (Å²) in [5.74, 6) is 0.122. The highest BCUT2D eigenvalue weighted by Crippen LogP contribution is 2.36. The highest BCUT2D eigenvalue weighted by atomic mass is 16.3. The van der Waals surface area contributed by atoms with Crippen molar-refractivity contribution in [2.24, 2.45) is 5.92 Å². The maximum absolute atomic E-state index is 12.1. The molecule has 2 aliphatic heterocycles. The summed E-state index contributed by atoms with van der Waals surface area (Å²) in [5.41, 5.74) is 1.37. The maximum Gasteiger partial charge on any atom is 0.222 e. The summed E-state index contributed by atoms with van der Waals surface area (Å²) in [6.07, 6.45) is 4.22. The first kappa shape index (κ1) is 17.4. The van der Waals surface area contributed by atoms with Crippen LogP contribution in [0.5, 0.6) is 0 Å². The Hall–Kier alpha value is -1.39. The van der Waals surface area contributed by atoms with Crippen LogP contribution in [-0.4, -0.2) is 40.1 Å². The van der Waals surface area contributed by atoms with Gasteiger partial charge in [0.15, 0.2) is 0 Å². The van der Waals surface area contributed by atoms with Crippen molar-refractivity contribution in [1.82, 2.24) is 10.2 Å². The molecule has 2 saturated heterocycles. The van der Waals surface area contributed by atoms with Crippen LogP contribution in [0.4, 0.5) is 0 Å². The number of aliphatic hydroxyl groups is 1. The van der Waals surface area contributed by atoms with Crippen LogP contribution >= 0.6 is 0 Å². The first-order valence-corrected chi connectivity index (χ1v) is 9.30. The van der Waals surface area contributed by atoms with Crippen LogP contribution in [0.1, 0.15) is 51.5 Å². The summed E-state index contributed by atoms with van der Waals surface area (Å²) in [4.78, 5) is 14.8. The van der Waals surface area contributed by atoms with Gasteiger partial charge in [-0.05, 0) is 37.2 Å². The van der Waals surface area contributed by atoms with Crippen LogP contribution < -0.4 is 5.32 Å². The van der Waals surface area contributed by atoms with Gasteiger partial charge in [-0.15, -0.1) is 0 Å². The minimum absolute atomic E-state index is 0.00268. The number of carbonyl (C=O) groups excluding carboxylic acids is 1. The van der Waals surface area contributed by atoms with Crippen molar-refractivity contribution in [1.29, 1.82) is 0 Å². The summed E-state index contributed by atoms with van der Waals surface area (Å²) in [5, 5.41) is 13.0. The molecule has 0 saturated carbocycles. The van der Waals surface area contributed by atoms with E-state index in [9.17, 15) is 9.90 Å². The molecule has 0 aliphatic carbocycles. The molecule has 3 atom stereocenters. The number of aliphatic hydroxyl groups excluding tert-OH is 1. The minimum atomic E-state index is -0.542. The van der Waals surface area contributed by atoms with Gasteiger partial charge >= 0.3 is 0 Å². The third kappa shape index (κ3) is 4.17. The average Bonchev–Trinajstić information content (AvgIpc) is 2.78. The molecule has 3 unspecified atom stereocenters. The van der Waals surface area contributed by atoms with Crippen LogP contribution in [-0.2, 0) is 11.3 Å². The van der Waals surface area contributed by atoms with E-state index in [1.165, 1.54) is 18.4 Å². The second-order valence-corrected chi connectivity index (χ2v) is 7.79. The molecule has 2 N–H and O–H groups in total. The van der Waals surface area contributed by atoms with E-state index < -0.39 is 6.10 Å². The first-order valence-electron chi connectivity index (χ1n) is 9.30. The zero-order chi connectivity index (χ0) is 17.1. The molecule has 132 valence electrons. The molecular weight excluding hydrogens is 300 g/mol. The number of nitrogens with zero attached hydrogens (tertiary/aromatic N) is 1. The molecule has 4 nitrogen and oxygen atoms in total. The van der Waals surface area contributed by atoms with Crippen LogP contribution in [0, 0.1) is 5.92 Å². The smallest absolute Gasteiger partial charge is 0.222 e. The fourth-order valence-corrected chi connectivity index (χ4v) is 4.16. The molecular formula is C20H30N2O2. The van der Waals surface area contributed by atoms with Crippen molar-refractivity contribution in [3.63, 3.8) is 0 Å². The largest absolute Gasteiger partial charge is 0.392 e. The molecule has 2 fully saturated rings. The van der Waals surface area contributed by atoms with E-state index >= 15 is 0 Å². The number of carbonyl (C=O) groups is 1. The number of nitrogens with one attached hydrogen (secondary N) is 1. The molecule has 24 heavy (non-hydrogen) atoms. The maximum atomic E-state index is 12.1. The molecule has 2 aliphatic rings. The van der Waals surface area contributed by atoms with Crippen molar-refractivity contribution in [2.45, 2.75) is 76.7 Å². The van der Waals surface area contributed by atoms with E-state index in [0.29, 0.717) is 12.1 Å². The predicted octanol–water partition coefficient (Wildman–Crippen LogP) is 2.71. The van der Waals surface area contributed by atoms with Gasteiger partial charge in [0.1, 0.15) is 0 Å². The van der Waals surface area contributed by atoms with E-state index in [1.807, 2.05) is 13.8 Å². The fraction of sp³-hybridized carbons (Fsp3) is 0.650. The zero-order valence-corrected chi connectivity index (χ0v) is 14.8. The van der Waals surface area contributed by atoms with Crippen LogP contribution in [0.2, 0.25) is 0 Å². The lowest BCUT2D eigenvalue weighted by Crippen LogP contribution is -2.50. The van der Waals surface area contributed by atoms with E-state index in [2.05, 4.69) is 40.5 Å². The van der Waals surface area contributed by atoms with Crippen molar-refractivity contribution in [2.75, 3.05) is 0 Å². The Balaban J connectivity index is 1.52. The van der Waals surface area contributed by atoms with Gasteiger partial charge in [0.2, 0.25) is 5.91 Å².